The molecule has 0 aromatic heterocycles. The summed E-state index contributed by atoms with van der Waals surface area (Å²) in [5.41, 5.74) is 5.30. The van der Waals surface area contributed by atoms with Gasteiger partial charge in [0.25, 0.3) is 0 Å². The van der Waals surface area contributed by atoms with Crippen molar-refractivity contribution in [1.82, 2.24) is 0 Å². The maximum Gasteiger partial charge on any atom is 0.323 e. The average Bonchev–Trinajstić information content (AvgIpc) is 2.13. The summed E-state index contributed by atoms with van der Waals surface area (Å²) in [5.74, 6) is -1.17. The molecule has 74 valence electrons. The van der Waals surface area contributed by atoms with E-state index in [0.29, 0.717) is 0 Å². The predicted molar refractivity (Wildman–Crippen MR) is 45.8 cm³/mol. The Morgan fingerprint density at radius 2 is 2.23 bits per heavy atom. The van der Waals surface area contributed by atoms with Crippen molar-refractivity contribution in [3.63, 3.8) is 0 Å². The number of carbonyl (C=O) groups is 2. The highest BCUT2D eigenvalue weighted by Crippen LogP contribution is 1.94. The van der Waals surface area contributed by atoms with Crippen molar-refractivity contribution in [2.45, 2.75) is 12.5 Å². The van der Waals surface area contributed by atoms with E-state index < -0.39 is 18.0 Å². The van der Waals surface area contributed by atoms with Crippen LogP contribution in [-0.4, -0.2) is 31.7 Å². The van der Waals surface area contributed by atoms with E-state index in [4.69, 9.17) is 5.73 Å². The molecule has 5 heteroatoms. The van der Waals surface area contributed by atoms with Crippen molar-refractivity contribution in [2.24, 2.45) is 5.73 Å². The largest absolute Gasteiger partial charge is 0.468 e. The lowest BCUT2D eigenvalue weighted by Crippen LogP contribution is -2.34. The van der Waals surface area contributed by atoms with Gasteiger partial charge in [0, 0.05) is 0 Å². The summed E-state index contributed by atoms with van der Waals surface area (Å²) >= 11 is 0. The van der Waals surface area contributed by atoms with Crippen LogP contribution in [0, 0.1) is 0 Å². The molecule has 0 bridgehead atoms. The van der Waals surface area contributed by atoms with Crippen LogP contribution < -0.4 is 5.73 Å². The third kappa shape index (κ3) is 4.97. The van der Waals surface area contributed by atoms with Crippen LogP contribution in [0.5, 0.6) is 0 Å². The molecule has 0 fully saturated rings. The van der Waals surface area contributed by atoms with Crippen LogP contribution in [-0.2, 0) is 19.1 Å². The quantitative estimate of drug-likeness (QED) is 0.468. The van der Waals surface area contributed by atoms with Crippen molar-refractivity contribution < 1.29 is 19.1 Å². The lowest BCUT2D eigenvalue weighted by molar-refractivity contribution is -0.149. The Bertz CT molecular complexity index is 202. The highest BCUT2D eigenvalue weighted by Gasteiger charge is 2.18. The monoisotopic (exact) mass is 187 g/mol. The highest BCUT2D eigenvalue weighted by molar-refractivity contribution is 5.82. The van der Waals surface area contributed by atoms with E-state index in [2.05, 4.69) is 16.1 Å². The van der Waals surface area contributed by atoms with Gasteiger partial charge in [-0.15, -0.1) is 0 Å². The molecule has 5 nitrogen and oxygen atoms in total. The molecule has 0 aliphatic rings. The van der Waals surface area contributed by atoms with Gasteiger partial charge in [-0.25, -0.2) is 0 Å². The van der Waals surface area contributed by atoms with Crippen molar-refractivity contribution in [2.75, 3.05) is 13.7 Å². The Hall–Kier alpha value is -1.36. The second-order valence-corrected chi connectivity index (χ2v) is 2.31. The van der Waals surface area contributed by atoms with E-state index in [1.807, 2.05) is 0 Å². The van der Waals surface area contributed by atoms with E-state index in [-0.39, 0.29) is 13.0 Å². The molecule has 0 aromatic carbocycles. The molecule has 0 rings (SSSR count). The van der Waals surface area contributed by atoms with Crippen molar-refractivity contribution in [1.29, 1.82) is 0 Å². The van der Waals surface area contributed by atoms with Crippen molar-refractivity contribution in [3.05, 3.63) is 12.7 Å². The molecule has 0 amide bonds. The SMILES string of the molecule is C=CCOC(=O)C[C@@H](N)C(=O)OC. The molecule has 0 radical (unpaired) electrons. The first-order valence-electron chi connectivity index (χ1n) is 3.71. The number of hydrogen-bond donors (Lipinski definition) is 1. The molecule has 0 spiro atoms. The van der Waals surface area contributed by atoms with E-state index in [1.54, 1.807) is 0 Å². The molecule has 0 heterocycles. The Kier molecular flexibility index (Phi) is 5.54. The third-order valence-corrected chi connectivity index (χ3v) is 1.25. The molecule has 13 heavy (non-hydrogen) atoms. The molecule has 0 aromatic rings. The predicted octanol–water partition coefficient (Wildman–Crippen LogP) is -0.394. The smallest absolute Gasteiger partial charge is 0.323 e. The van der Waals surface area contributed by atoms with Crippen LogP contribution in [0.25, 0.3) is 0 Å². The number of ether oxygens (including phenoxy) is 2. The molecule has 0 unspecified atom stereocenters. The van der Waals surface area contributed by atoms with Gasteiger partial charge in [-0.3, -0.25) is 9.59 Å². The van der Waals surface area contributed by atoms with Gasteiger partial charge in [0.05, 0.1) is 13.5 Å². The van der Waals surface area contributed by atoms with Crippen LogP contribution >= 0.6 is 0 Å². The number of hydrogen-bond acceptors (Lipinski definition) is 5. The number of methoxy groups -OCH3 is 1. The molecular weight excluding hydrogens is 174 g/mol. The second-order valence-electron chi connectivity index (χ2n) is 2.31. The first-order valence-corrected chi connectivity index (χ1v) is 3.71. The number of carbonyl (C=O) groups excluding carboxylic acids is 2. The van der Waals surface area contributed by atoms with Gasteiger partial charge in [0.2, 0.25) is 0 Å². The Morgan fingerprint density at radius 3 is 2.69 bits per heavy atom. The minimum atomic E-state index is -0.956. The Morgan fingerprint density at radius 1 is 1.62 bits per heavy atom. The fourth-order valence-corrected chi connectivity index (χ4v) is 0.625. The van der Waals surface area contributed by atoms with Gasteiger partial charge >= 0.3 is 11.9 Å². The summed E-state index contributed by atoms with van der Waals surface area (Å²) in [4.78, 5) is 21.6. The molecule has 0 aliphatic carbocycles. The second kappa shape index (κ2) is 6.19. The van der Waals surface area contributed by atoms with Crippen molar-refractivity contribution >= 4 is 11.9 Å². The summed E-state index contributed by atoms with van der Waals surface area (Å²) in [6.07, 6.45) is 1.25. The lowest BCUT2D eigenvalue weighted by atomic mass is 10.2. The maximum absolute atomic E-state index is 10.9. The van der Waals surface area contributed by atoms with Gasteiger partial charge in [0.15, 0.2) is 0 Å². The highest BCUT2D eigenvalue weighted by atomic mass is 16.5. The molecule has 1 atom stereocenters. The minimum absolute atomic E-state index is 0.118. The van der Waals surface area contributed by atoms with Crippen molar-refractivity contribution in [3.8, 4) is 0 Å². The van der Waals surface area contributed by atoms with Crippen LogP contribution in [0.2, 0.25) is 0 Å². The summed E-state index contributed by atoms with van der Waals surface area (Å²) in [6.45, 7) is 3.48. The zero-order chi connectivity index (χ0) is 10.3. The zero-order valence-electron chi connectivity index (χ0n) is 7.49. The maximum atomic E-state index is 10.9. The first-order chi connectivity index (χ1) is 6.11. The van der Waals surface area contributed by atoms with E-state index >= 15 is 0 Å². The van der Waals surface area contributed by atoms with Gasteiger partial charge in [-0.05, 0) is 0 Å². The summed E-state index contributed by atoms with van der Waals surface area (Å²) in [7, 11) is 1.21. The molecule has 0 saturated carbocycles. The zero-order valence-corrected chi connectivity index (χ0v) is 7.49. The van der Waals surface area contributed by atoms with Crippen LogP contribution in [0.1, 0.15) is 6.42 Å². The van der Waals surface area contributed by atoms with E-state index in [0.717, 1.165) is 0 Å². The number of rotatable bonds is 5. The van der Waals surface area contributed by atoms with Gasteiger partial charge in [-0.1, -0.05) is 12.7 Å². The first kappa shape index (κ1) is 11.6. The fourth-order valence-electron chi connectivity index (χ4n) is 0.625. The normalized spacial score (nSPS) is 11.5. The Labute approximate surface area is 76.5 Å². The van der Waals surface area contributed by atoms with Crippen LogP contribution in [0.15, 0.2) is 12.7 Å². The minimum Gasteiger partial charge on any atom is -0.468 e. The fraction of sp³-hybridized carbons (Fsp3) is 0.500. The van der Waals surface area contributed by atoms with Gasteiger partial charge in [-0.2, -0.15) is 0 Å². The lowest BCUT2D eigenvalue weighted by Gasteiger charge is -2.07. The Balaban J connectivity index is 3.77. The van der Waals surface area contributed by atoms with Crippen LogP contribution in [0.3, 0.4) is 0 Å². The van der Waals surface area contributed by atoms with Gasteiger partial charge < -0.3 is 15.2 Å². The van der Waals surface area contributed by atoms with E-state index in [1.165, 1.54) is 13.2 Å². The summed E-state index contributed by atoms with van der Waals surface area (Å²) < 4.78 is 8.94. The molecule has 0 aliphatic heterocycles. The number of nitrogens with two attached hydrogens (primary N) is 1. The van der Waals surface area contributed by atoms with Gasteiger partial charge in [0.1, 0.15) is 12.6 Å². The molecular formula is C8H13NO4. The molecule has 2 N–H and O–H groups in total. The molecule has 0 saturated heterocycles. The summed E-state index contributed by atoms with van der Waals surface area (Å²) in [5, 5.41) is 0. The third-order valence-electron chi connectivity index (χ3n) is 1.25. The topological polar surface area (TPSA) is 78.6 Å². The van der Waals surface area contributed by atoms with E-state index in [9.17, 15) is 9.59 Å². The standard InChI is InChI=1S/C8H13NO4/c1-3-4-13-7(10)5-6(9)8(11)12-2/h3,6H,1,4-5,9H2,2H3/t6-/m1/s1. The average molecular weight is 187 g/mol. The number of esters is 2. The summed E-state index contributed by atoms with van der Waals surface area (Å²) in [6, 6.07) is -0.956. The van der Waals surface area contributed by atoms with Crippen LogP contribution in [0.4, 0.5) is 0 Å².